The molecule has 2 heterocycles. The summed E-state index contributed by atoms with van der Waals surface area (Å²) >= 11 is 0. The Morgan fingerprint density at radius 1 is 1.17 bits per heavy atom. The number of likely N-dealkylation sites (tertiary alicyclic amines) is 1. The van der Waals surface area contributed by atoms with Gasteiger partial charge in [-0.25, -0.2) is 9.98 Å². The SMILES string of the molecule is CCNC(=NCc1nccn1Cc1ccccc1)NCCCN1CCC(C)CC1.I. The van der Waals surface area contributed by atoms with Crippen LogP contribution in [0.1, 0.15) is 44.5 Å². The minimum Gasteiger partial charge on any atom is -0.357 e. The van der Waals surface area contributed by atoms with Crippen LogP contribution in [0.15, 0.2) is 47.7 Å². The van der Waals surface area contributed by atoms with Crippen molar-refractivity contribution in [3.8, 4) is 0 Å². The number of hydrogen-bond acceptors (Lipinski definition) is 3. The molecule has 0 spiro atoms. The molecule has 2 N–H and O–H groups in total. The van der Waals surface area contributed by atoms with Crippen LogP contribution in [0.2, 0.25) is 0 Å². The Labute approximate surface area is 198 Å². The Bertz CT molecular complexity index is 737. The lowest BCUT2D eigenvalue weighted by Crippen LogP contribution is -2.39. The molecule has 0 aliphatic carbocycles. The van der Waals surface area contributed by atoms with E-state index in [4.69, 9.17) is 4.99 Å². The van der Waals surface area contributed by atoms with Crippen LogP contribution < -0.4 is 10.6 Å². The molecule has 0 amide bonds. The maximum atomic E-state index is 4.75. The van der Waals surface area contributed by atoms with E-state index in [9.17, 15) is 0 Å². The second-order valence-corrected chi connectivity index (χ2v) is 7.96. The van der Waals surface area contributed by atoms with Crippen LogP contribution in [-0.2, 0) is 13.1 Å². The maximum absolute atomic E-state index is 4.75. The first-order valence-electron chi connectivity index (χ1n) is 11.0. The number of halogens is 1. The Morgan fingerprint density at radius 3 is 2.67 bits per heavy atom. The van der Waals surface area contributed by atoms with E-state index < -0.39 is 0 Å². The van der Waals surface area contributed by atoms with E-state index in [0.717, 1.165) is 43.8 Å². The fourth-order valence-corrected chi connectivity index (χ4v) is 3.70. The van der Waals surface area contributed by atoms with E-state index in [2.05, 4.69) is 63.2 Å². The number of imidazole rings is 1. The standard InChI is InChI=1S/C23H36N6.HI/c1-3-24-23(26-12-7-14-28-15-10-20(2)11-16-28)27-18-22-25-13-17-29(22)19-21-8-5-4-6-9-21;/h4-6,8-9,13,17,20H,3,7,10-12,14-16,18-19H2,1-2H3,(H2,24,26,27);1H. The van der Waals surface area contributed by atoms with Gasteiger partial charge in [0.2, 0.25) is 0 Å². The van der Waals surface area contributed by atoms with Gasteiger partial charge in [0.25, 0.3) is 0 Å². The first-order valence-corrected chi connectivity index (χ1v) is 11.0. The Balaban J connectivity index is 0.00000320. The molecule has 0 saturated carbocycles. The molecule has 1 saturated heterocycles. The van der Waals surface area contributed by atoms with Gasteiger partial charge in [0.15, 0.2) is 5.96 Å². The van der Waals surface area contributed by atoms with Crippen LogP contribution in [0.5, 0.6) is 0 Å². The summed E-state index contributed by atoms with van der Waals surface area (Å²) in [5.41, 5.74) is 1.27. The number of nitrogens with one attached hydrogen (secondary N) is 2. The van der Waals surface area contributed by atoms with Crippen LogP contribution in [0.25, 0.3) is 0 Å². The summed E-state index contributed by atoms with van der Waals surface area (Å²) in [7, 11) is 0. The number of nitrogens with zero attached hydrogens (tertiary/aromatic N) is 4. The Hall–Kier alpha value is -1.61. The third-order valence-electron chi connectivity index (χ3n) is 5.54. The highest BCUT2D eigenvalue weighted by Gasteiger charge is 2.14. The molecule has 1 fully saturated rings. The Morgan fingerprint density at radius 2 is 1.93 bits per heavy atom. The maximum Gasteiger partial charge on any atom is 0.191 e. The average molecular weight is 524 g/mol. The summed E-state index contributed by atoms with van der Waals surface area (Å²) in [6.07, 6.45) is 7.70. The number of piperidine rings is 1. The minimum atomic E-state index is 0. The Kier molecular flexibility index (Phi) is 11.2. The van der Waals surface area contributed by atoms with Crippen molar-refractivity contribution in [2.24, 2.45) is 10.9 Å². The molecule has 2 aromatic rings. The highest BCUT2D eigenvalue weighted by molar-refractivity contribution is 14.0. The van der Waals surface area contributed by atoms with Crippen molar-refractivity contribution in [2.45, 2.75) is 46.2 Å². The molecular weight excluding hydrogens is 487 g/mol. The van der Waals surface area contributed by atoms with Crippen molar-refractivity contribution in [3.63, 3.8) is 0 Å². The fraction of sp³-hybridized carbons (Fsp3) is 0.565. The summed E-state index contributed by atoms with van der Waals surface area (Å²) < 4.78 is 2.17. The van der Waals surface area contributed by atoms with Crippen LogP contribution in [0, 0.1) is 5.92 Å². The monoisotopic (exact) mass is 524 g/mol. The van der Waals surface area contributed by atoms with Gasteiger partial charge in [0, 0.05) is 32.0 Å². The molecule has 1 aromatic carbocycles. The summed E-state index contributed by atoms with van der Waals surface area (Å²) in [5.74, 6) is 2.74. The number of benzene rings is 1. The van der Waals surface area contributed by atoms with E-state index in [1.807, 2.05) is 18.5 Å². The summed E-state index contributed by atoms with van der Waals surface area (Å²) in [6.45, 7) is 11.3. The summed E-state index contributed by atoms with van der Waals surface area (Å²) in [5, 5.41) is 6.82. The molecular formula is C23H37IN6. The average Bonchev–Trinajstić information content (AvgIpc) is 3.18. The lowest BCUT2D eigenvalue weighted by atomic mass is 9.99. The number of aromatic nitrogens is 2. The van der Waals surface area contributed by atoms with Crippen molar-refractivity contribution in [1.29, 1.82) is 0 Å². The molecule has 7 heteroatoms. The lowest BCUT2D eigenvalue weighted by Gasteiger charge is -2.30. The number of rotatable bonds is 9. The lowest BCUT2D eigenvalue weighted by molar-refractivity contribution is 0.191. The van der Waals surface area contributed by atoms with Gasteiger partial charge < -0.3 is 20.1 Å². The molecule has 3 rings (SSSR count). The number of guanidine groups is 1. The zero-order chi connectivity index (χ0) is 20.3. The quantitative estimate of drug-likeness (QED) is 0.227. The minimum absolute atomic E-state index is 0. The zero-order valence-corrected chi connectivity index (χ0v) is 20.7. The van der Waals surface area contributed by atoms with Gasteiger partial charge in [-0.2, -0.15) is 0 Å². The van der Waals surface area contributed by atoms with Crippen LogP contribution in [-0.4, -0.2) is 53.1 Å². The normalized spacial score (nSPS) is 15.6. The largest absolute Gasteiger partial charge is 0.357 e. The van der Waals surface area contributed by atoms with Crippen molar-refractivity contribution < 1.29 is 0 Å². The first-order chi connectivity index (χ1) is 14.2. The summed E-state index contributed by atoms with van der Waals surface area (Å²) in [6, 6.07) is 10.5. The smallest absolute Gasteiger partial charge is 0.191 e. The van der Waals surface area contributed by atoms with Crippen LogP contribution in [0.4, 0.5) is 0 Å². The van der Waals surface area contributed by atoms with E-state index in [1.54, 1.807) is 0 Å². The van der Waals surface area contributed by atoms with Crippen molar-refractivity contribution in [2.75, 3.05) is 32.7 Å². The second kappa shape index (κ2) is 13.6. The van der Waals surface area contributed by atoms with Gasteiger partial charge in [-0.15, -0.1) is 24.0 Å². The molecule has 1 aliphatic rings. The predicted molar refractivity (Wildman–Crippen MR) is 135 cm³/mol. The highest BCUT2D eigenvalue weighted by atomic mass is 127. The zero-order valence-electron chi connectivity index (χ0n) is 18.4. The van der Waals surface area contributed by atoms with Gasteiger partial charge in [0.05, 0.1) is 0 Å². The van der Waals surface area contributed by atoms with Crippen molar-refractivity contribution >= 4 is 29.9 Å². The van der Waals surface area contributed by atoms with E-state index >= 15 is 0 Å². The molecule has 1 aromatic heterocycles. The molecule has 0 unspecified atom stereocenters. The molecule has 0 bridgehead atoms. The van der Waals surface area contributed by atoms with E-state index in [0.29, 0.717) is 6.54 Å². The van der Waals surface area contributed by atoms with Gasteiger partial charge in [-0.05, 0) is 57.3 Å². The number of aliphatic imine (C=N–C) groups is 1. The number of hydrogen-bond donors (Lipinski definition) is 2. The first kappa shape index (κ1) is 24.7. The van der Waals surface area contributed by atoms with E-state index in [-0.39, 0.29) is 24.0 Å². The molecule has 30 heavy (non-hydrogen) atoms. The van der Waals surface area contributed by atoms with Crippen LogP contribution >= 0.6 is 24.0 Å². The summed E-state index contributed by atoms with van der Waals surface area (Å²) in [4.78, 5) is 11.8. The molecule has 0 radical (unpaired) electrons. The molecule has 166 valence electrons. The molecule has 1 aliphatic heterocycles. The third kappa shape index (κ3) is 8.26. The topological polar surface area (TPSA) is 57.5 Å². The predicted octanol–water partition coefficient (Wildman–Crippen LogP) is 3.73. The van der Waals surface area contributed by atoms with Gasteiger partial charge >= 0.3 is 0 Å². The third-order valence-corrected chi connectivity index (χ3v) is 5.54. The fourth-order valence-electron chi connectivity index (χ4n) is 3.70. The molecule has 6 nitrogen and oxygen atoms in total. The highest BCUT2D eigenvalue weighted by Crippen LogP contribution is 2.15. The van der Waals surface area contributed by atoms with E-state index in [1.165, 1.54) is 38.0 Å². The second-order valence-electron chi connectivity index (χ2n) is 7.96. The van der Waals surface area contributed by atoms with Crippen molar-refractivity contribution in [1.82, 2.24) is 25.1 Å². The van der Waals surface area contributed by atoms with Crippen molar-refractivity contribution in [3.05, 3.63) is 54.1 Å². The van der Waals surface area contributed by atoms with Gasteiger partial charge in [-0.1, -0.05) is 37.3 Å². The van der Waals surface area contributed by atoms with Crippen LogP contribution in [0.3, 0.4) is 0 Å². The van der Waals surface area contributed by atoms with Gasteiger partial charge in [0.1, 0.15) is 12.4 Å². The van der Waals surface area contributed by atoms with Gasteiger partial charge in [-0.3, -0.25) is 0 Å². The molecule has 0 atom stereocenters.